The number of likely N-dealkylation sites (N-methyl/N-ethyl adjacent to an activating group) is 1. The summed E-state index contributed by atoms with van der Waals surface area (Å²) in [6.07, 6.45) is 0. The second kappa shape index (κ2) is 10.1. The number of carbonyl (C=O) groups excluding carboxylic acids is 1. The lowest BCUT2D eigenvalue weighted by atomic mass is 10.3. The van der Waals surface area contributed by atoms with Crippen LogP contribution in [0.5, 0.6) is 17.2 Å². The molecular weight excluding hydrogens is 396 g/mol. The summed E-state index contributed by atoms with van der Waals surface area (Å²) in [6, 6.07) is 12.8. The summed E-state index contributed by atoms with van der Waals surface area (Å²) >= 11 is 0. The number of nitrogens with zero attached hydrogens (tertiary/aromatic N) is 1. The van der Waals surface area contributed by atoms with Gasteiger partial charge in [0.15, 0.2) is 0 Å². The summed E-state index contributed by atoms with van der Waals surface area (Å²) in [6.45, 7) is 1.72. The minimum atomic E-state index is -3.78. The summed E-state index contributed by atoms with van der Waals surface area (Å²) in [5.74, 6) is 1.50. The zero-order chi connectivity index (χ0) is 21.4. The number of amides is 1. The molecule has 0 spiro atoms. The molecule has 2 aromatic rings. The Balaban J connectivity index is 1.85. The van der Waals surface area contributed by atoms with Crippen LogP contribution in [0.3, 0.4) is 0 Å². The number of benzene rings is 2. The molecule has 0 unspecified atom stereocenters. The molecule has 0 aliphatic heterocycles. The topological polar surface area (TPSA) is 94.2 Å². The molecule has 2 aromatic carbocycles. The van der Waals surface area contributed by atoms with Crippen molar-refractivity contribution in [1.29, 1.82) is 0 Å². The maximum absolute atomic E-state index is 12.6. The lowest BCUT2D eigenvalue weighted by Crippen LogP contribution is -2.43. The molecule has 0 radical (unpaired) electrons. The van der Waals surface area contributed by atoms with Crippen molar-refractivity contribution in [2.75, 3.05) is 34.4 Å². The highest BCUT2D eigenvalue weighted by Crippen LogP contribution is 2.19. The number of sulfonamides is 1. The van der Waals surface area contributed by atoms with Gasteiger partial charge in [-0.1, -0.05) is 0 Å². The van der Waals surface area contributed by atoms with Gasteiger partial charge in [-0.25, -0.2) is 8.42 Å². The van der Waals surface area contributed by atoms with Gasteiger partial charge in [-0.3, -0.25) is 4.79 Å². The average Bonchev–Trinajstić information content (AvgIpc) is 2.72. The van der Waals surface area contributed by atoms with E-state index >= 15 is 0 Å². The van der Waals surface area contributed by atoms with E-state index in [1.165, 1.54) is 26.3 Å². The zero-order valence-electron chi connectivity index (χ0n) is 16.9. The first-order valence-corrected chi connectivity index (χ1v) is 10.4. The fraction of sp³-hybridized carbons (Fsp3) is 0.350. The van der Waals surface area contributed by atoms with Gasteiger partial charge >= 0.3 is 0 Å². The van der Waals surface area contributed by atoms with Gasteiger partial charge in [-0.15, -0.1) is 0 Å². The third kappa shape index (κ3) is 6.37. The van der Waals surface area contributed by atoms with E-state index in [0.717, 1.165) is 10.1 Å². The number of ether oxygens (including phenoxy) is 3. The Morgan fingerprint density at radius 1 is 0.966 bits per heavy atom. The SMILES string of the molecule is COc1ccc(OC[C@@H](C)NC(=O)CN(C)S(=O)(=O)c2ccc(OC)cc2)cc1. The Kier molecular flexibility index (Phi) is 7.86. The fourth-order valence-corrected chi connectivity index (χ4v) is 3.60. The van der Waals surface area contributed by atoms with Gasteiger partial charge in [0, 0.05) is 7.05 Å². The molecule has 2 rings (SSSR count). The van der Waals surface area contributed by atoms with Crippen LogP contribution in [-0.4, -0.2) is 59.1 Å². The van der Waals surface area contributed by atoms with Gasteiger partial charge in [0.05, 0.1) is 31.7 Å². The first kappa shape index (κ1) is 22.5. The van der Waals surface area contributed by atoms with Crippen LogP contribution in [0.2, 0.25) is 0 Å². The molecule has 1 N–H and O–H groups in total. The Morgan fingerprint density at radius 3 is 1.97 bits per heavy atom. The van der Waals surface area contributed by atoms with Crippen molar-refractivity contribution in [2.24, 2.45) is 0 Å². The summed E-state index contributed by atoms with van der Waals surface area (Å²) in [5.41, 5.74) is 0. The molecule has 0 aliphatic carbocycles. The van der Waals surface area contributed by atoms with Gasteiger partial charge in [0.2, 0.25) is 15.9 Å². The van der Waals surface area contributed by atoms with Crippen LogP contribution >= 0.6 is 0 Å². The van der Waals surface area contributed by atoms with Crippen molar-refractivity contribution in [3.63, 3.8) is 0 Å². The molecule has 8 nitrogen and oxygen atoms in total. The van der Waals surface area contributed by atoms with Crippen molar-refractivity contribution in [1.82, 2.24) is 9.62 Å². The van der Waals surface area contributed by atoms with E-state index in [2.05, 4.69) is 5.32 Å². The standard InChI is InChI=1S/C20H26N2O6S/c1-15(14-28-18-7-5-16(26-3)6-8-18)21-20(23)13-22(2)29(24,25)19-11-9-17(27-4)10-12-19/h5-12,15H,13-14H2,1-4H3,(H,21,23)/t15-/m1/s1. The Bertz CT molecular complexity index is 898. The second-order valence-electron chi connectivity index (χ2n) is 6.39. The molecule has 1 atom stereocenters. The predicted molar refractivity (Wildman–Crippen MR) is 109 cm³/mol. The molecule has 0 heterocycles. The van der Waals surface area contributed by atoms with E-state index in [-0.39, 0.29) is 24.1 Å². The first-order valence-electron chi connectivity index (χ1n) is 8.93. The molecule has 0 bridgehead atoms. The lowest BCUT2D eigenvalue weighted by molar-refractivity contribution is -0.121. The van der Waals surface area contributed by atoms with Gasteiger partial charge in [0.1, 0.15) is 23.9 Å². The van der Waals surface area contributed by atoms with E-state index in [9.17, 15) is 13.2 Å². The van der Waals surface area contributed by atoms with Crippen LogP contribution in [0.4, 0.5) is 0 Å². The number of nitrogens with one attached hydrogen (secondary N) is 1. The van der Waals surface area contributed by atoms with Crippen LogP contribution in [-0.2, 0) is 14.8 Å². The first-order chi connectivity index (χ1) is 13.8. The number of hydrogen-bond donors (Lipinski definition) is 1. The number of rotatable bonds is 10. The van der Waals surface area contributed by atoms with E-state index in [1.807, 2.05) is 0 Å². The smallest absolute Gasteiger partial charge is 0.243 e. The van der Waals surface area contributed by atoms with Gasteiger partial charge in [-0.2, -0.15) is 4.31 Å². The van der Waals surface area contributed by atoms with E-state index in [0.29, 0.717) is 11.5 Å². The Morgan fingerprint density at radius 2 is 1.45 bits per heavy atom. The third-order valence-corrected chi connectivity index (χ3v) is 5.92. The maximum Gasteiger partial charge on any atom is 0.243 e. The molecule has 158 valence electrons. The summed E-state index contributed by atoms with van der Waals surface area (Å²) < 4.78 is 41.9. The highest BCUT2D eigenvalue weighted by molar-refractivity contribution is 7.89. The van der Waals surface area contributed by atoms with Crippen LogP contribution in [0.1, 0.15) is 6.92 Å². The molecule has 29 heavy (non-hydrogen) atoms. The molecule has 0 aromatic heterocycles. The van der Waals surface area contributed by atoms with Gasteiger partial charge in [-0.05, 0) is 55.5 Å². The minimum absolute atomic E-state index is 0.0875. The highest BCUT2D eigenvalue weighted by Gasteiger charge is 2.23. The number of hydrogen-bond acceptors (Lipinski definition) is 6. The Hall–Kier alpha value is -2.78. The van der Waals surface area contributed by atoms with Crippen molar-refractivity contribution in [3.8, 4) is 17.2 Å². The number of carbonyl (C=O) groups is 1. The highest BCUT2D eigenvalue weighted by atomic mass is 32.2. The van der Waals surface area contributed by atoms with Crippen LogP contribution in [0.15, 0.2) is 53.4 Å². The average molecular weight is 423 g/mol. The quantitative estimate of drug-likeness (QED) is 0.629. The predicted octanol–water partition coefficient (Wildman–Crippen LogP) is 1.91. The van der Waals surface area contributed by atoms with Crippen molar-refractivity contribution in [2.45, 2.75) is 17.9 Å². The minimum Gasteiger partial charge on any atom is -0.497 e. The van der Waals surface area contributed by atoms with Crippen molar-refractivity contribution >= 4 is 15.9 Å². The lowest BCUT2D eigenvalue weighted by Gasteiger charge is -2.19. The summed E-state index contributed by atoms with van der Waals surface area (Å²) in [7, 11) is 0.658. The van der Waals surface area contributed by atoms with Crippen LogP contribution in [0, 0.1) is 0 Å². The molecule has 1 amide bonds. The third-order valence-electron chi connectivity index (χ3n) is 4.10. The second-order valence-corrected chi connectivity index (χ2v) is 8.44. The van der Waals surface area contributed by atoms with E-state index in [4.69, 9.17) is 14.2 Å². The summed E-state index contributed by atoms with van der Waals surface area (Å²) in [4.78, 5) is 12.3. The van der Waals surface area contributed by atoms with Crippen LogP contribution < -0.4 is 19.5 Å². The monoisotopic (exact) mass is 422 g/mol. The van der Waals surface area contributed by atoms with Crippen molar-refractivity contribution in [3.05, 3.63) is 48.5 Å². The fourth-order valence-electron chi connectivity index (χ4n) is 2.47. The van der Waals surface area contributed by atoms with Gasteiger partial charge < -0.3 is 19.5 Å². The van der Waals surface area contributed by atoms with E-state index < -0.39 is 15.9 Å². The number of methoxy groups -OCH3 is 2. The summed E-state index contributed by atoms with van der Waals surface area (Å²) in [5, 5.41) is 2.73. The van der Waals surface area contributed by atoms with E-state index in [1.54, 1.807) is 50.4 Å². The molecule has 0 saturated carbocycles. The van der Waals surface area contributed by atoms with Crippen LogP contribution in [0.25, 0.3) is 0 Å². The zero-order valence-corrected chi connectivity index (χ0v) is 17.7. The normalized spacial score (nSPS) is 12.3. The molecule has 0 saturated heterocycles. The molecule has 0 fully saturated rings. The Labute approximate surface area is 171 Å². The van der Waals surface area contributed by atoms with Crippen molar-refractivity contribution < 1.29 is 27.4 Å². The maximum atomic E-state index is 12.6. The molecule has 9 heteroatoms. The van der Waals surface area contributed by atoms with Gasteiger partial charge in [0.25, 0.3) is 0 Å². The molecule has 0 aliphatic rings. The largest absolute Gasteiger partial charge is 0.497 e. The molecular formula is C20H26N2O6S.